The number of aryl methyl sites for hydroxylation is 1. The number of nitrogen functional groups attached to an aromatic ring is 1. The molecule has 86 valence electrons. The van der Waals surface area contributed by atoms with Crippen LogP contribution in [-0.2, 0) is 12.8 Å². The minimum atomic E-state index is 0.521. The second kappa shape index (κ2) is 4.10. The van der Waals surface area contributed by atoms with Crippen LogP contribution < -0.4 is 11.1 Å². The fourth-order valence-electron chi connectivity index (χ4n) is 3.22. The number of benzene rings is 1. The third-order valence-corrected chi connectivity index (χ3v) is 4.02. The van der Waals surface area contributed by atoms with Crippen LogP contribution in [0.4, 0.5) is 5.69 Å². The van der Waals surface area contributed by atoms with E-state index in [9.17, 15) is 0 Å². The van der Waals surface area contributed by atoms with Gasteiger partial charge in [0.1, 0.15) is 0 Å². The molecule has 1 heterocycles. The molecule has 16 heavy (non-hydrogen) atoms. The topological polar surface area (TPSA) is 38.0 Å². The molecule has 1 atom stereocenters. The van der Waals surface area contributed by atoms with Crippen molar-refractivity contribution in [1.82, 2.24) is 5.32 Å². The van der Waals surface area contributed by atoms with Crippen molar-refractivity contribution in [2.24, 2.45) is 0 Å². The Bertz CT molecular complexity index is 392. The van der Waals surface area contributed by atoms with Gasteiger partial charge in [-0.25, -0.2) is 0 Å². The summed E-state index contributed by atoms with van der Waals surface area (Å²) in [6, 6.07) is 4.87. The van der Waals surface area contributed by atoms with Crippen molar-refractivity contribution in [3.8, 4) is 0 Å². The number of fused-ring (bicyclic) bond motifs is 1. The van der Waals surface area contributed by atoms with Crippen molar-refractivity contribution in [2.45, 2.75) is 44.6 Å². The summed E-state index contributed by atoms with van der Waals surface area (Å²) >= 11 is 0. The van der Waals surface area contributed by atoms with Crippen molar-refractivity contribution in [2.75, 3.05) is 12.3 Å². The first-order valence-electron chi connectivity index (χ1n) is 6.50. The normalized spacial score (nSPS) is 24.4. The van der Waals surface area contributed by atoms with Gasteiger partial charge in [0.25, 0.3) is 0 Å². The van der Waals surface area contributed by atoms with Crippen LogP contribution in [-0.4, -0.2) is 6.54 Å². The molecule has 0 aromatic heterocycles. The standard InChI is InChI=1S/C14H20N2/c15-12-8-7-10-4-1-2-5-11(10)14(12)13-6-3-9-16-13/h7-8,13,16H,1-6,9,15H2/t13-/m1/s1. The second-order valence-electron chi connectivity index (χ2n) is 5.06. The average Bonchev–Trinajstić information content (AvgIpc) is 2.82. The van der Waals surface area contributed by atoms with Crippen molar-refractivity contribution >= 4 is 5.69 Å². The lowest BCUT2D eigenvalue weighted by molar-refractivity contribution is 0.618. The molecule has 0 amide bonds. The van der Waals surface area contributed by atoms with E-state index >= 15 is 0 Å². The molecule has 1 aromatic carbocycles. The summed E-state index contributed by atoms with van der Waals surface area (Å²) in [6.45, 7) is 1.15. The molecule has 0 spiro atoms. The Hall–Kier alpha value is -1.02. The van der Waals surface area contributed by atoms with E-state index < -0.39 is 0 Å². The monoisotopic (exact) mass is 216 g/mol. The number of nitrogens with one attached hydrogen (secondary N) is 1. The van der Waals surface area contributed by atoms with Gasteiger partial charge in [-0.2, -0.15) is 0 Å². The Morgan fingerprint density at radius 2 is 2.00 bits per heavy atom. The van der Waals surface area contributed by atoms with E-state index in [4.69, 9.17) is 5.73 Å². The number of anilines is 1. The van der Waals surface area contributed by atoms with E-state index in [1.165, 1.54) is 44.1 Å². The number of hydrogen-bond acceptors (Lipinski definition) is 2. The highest BCUT2D eigenvalue weighted by atomic mass is 14.9. The van der Waals surface area contributed by atoms with Crippen molar-refractivity contribution in [3.05, 3.63) is 28.8 Å². The van der Waals surface area contributed by atoms with Crippen molar-refractivity contribution in [1.29, 1.82) is 0 Å². The molecule has 2 aliphatic rings. The molecule has 3 N–H and O–H groups in total. The van der Waals surface area contributed by atoms with Gasteiger partial charge in [-0.3, -0.25) is 0 Å². The predicted molar refractivity (Wildman–Crippen MR) is 67.5 cm³/mol. The van der Waals surface area contributed by atoms with Gasteiger partial charge in [0.15, 0.2) is 0 Å². The van der Waals surface area contributed by atoms with Gasteiger partial charge in [-0.1, -0.05) is 6.07 Å². The summed E-state index contributed by atoms with van der Waals surface area (Å²) in [7, 11) is 0. The average molecular weight is 216 g/mol. The maximum Gasteiger partial charge on any atom is 0.0365 e. The second-order valence-corrected chi connectivity index (χ2v) is 5.06. The van der Waals surface area contributed by atoms with E-state index in [0.29, 0.717) is 6.04 Å². The lowest BCUT2D eigenvalue weighted by Gasteiger charge is -2.24. The minimum absolute atomic E-state index is 0.521. The van der Waals surface area contributed by atoms with Crippen LogP contribution in [0, 0.1) is 0 Å². The summed E-state index contributed by atoms with van der Waals surface area (Å²) in [4.78, 5) is 0. The molecule has 1 aromatic rings. The van der Waals surface area contributed by atoms with Crippen LogP contribution in [0.25, 0.3) is 0 Å². The zero-order valence-corrected chi connectivity index (χ0v) is 9.76. The Balaban J connectivity index is 2.06. The van der Waals surface area contributed by atoms with E-state index in [2.05, 4.69) is 17.4 Å². The highest BCUT2D eigenvalue weighted by Gasteiger charge is 2.24. The largest absolute Gasteiger partial charge is 0.398 e. The summed E-state index contributed by atoms with van der Waals surface area (Å²) < 4.78 is 0. The first-order valence-corrected chi connectivity index (χ1v) is 6.50. The number of nitrogens with two attached hydrogens (primary N) is 1. The summed E-state index contributed by atoms with van der Waals surface area (Å²) in [5.74, 6) is 0. The Kier molecular flexibility index (Phi) is 2.60. The zero-order chi connectivity index (χ0) is 11.0. The molecule has 0 saturated carbocycles. The van der Waals surface area contributed by atoms with Crippen molar-refractivity contribution < 1.29 is 0 Å². The van der Waals surface area contributed by atoms with Gasteiger partial charge < -0.3 is 11.1 Å². The highest BCUT2D eigenvalue weighted by molar-refractivity contribution is 5.56. The van der Waals surface area contributed by atoms with Gasteiger partial charge in [-0.15, -0.1) is 0 Å². The maximum atomic E-state index is 6.18. The molecule has 2 nitrogen and oxygen atoms in total. The number of hydrogen-bond donors (Lipinski definition) is 2. The molecule has 1 aliphatic heterocycles. The fraction of sp³-hybridized carbons (Fsp3) is 0.571. The first kappa shape index (κ1) is 10.2. The smallest absolute Gasteiger partial charge is 0.0365 e. The third-order valence-electron chi connectivity index (χ3n) is 4.02. The Morgan fingerprint density at radius 1 is 1.12 bits per heavy atom. The third kappa shape index (κ3) is 1.61. The molecule has 0 unspecified atom stereocenters. The molecule has 1 saturated heterocycles. The van der Waals surface area contributed by atoms with E-state index in [1.54, 1.807) is 11.1 Å². The molecule has 1 fully saturated rings. The maximum absolute atomic E-state index is 6.18. The lowest BCUT2D eigenvalue weighted by atomic mass is 9.84. The van der Waals surface area contributed by atoms with Crippen molar-refractivity contribution in [3.63, 3.8) is 0 Å². The van der Waals surface area contributed by atoms with Crippen LogP contribution in [0.5, 0.6) is 0 Å². The summed E-state index contributed by atoms with van der Waals surface area (Å²) in [5.41, 5.74) is 11.7. The fourth-order valence-corrected chi connectivity index (χ4v) is 3.22. The number of rotatable bonds is 1. The quantitative estimate of drug-likeness (QED) is 0.708. The van der Waals surface area contributed by atoms with Gasteiger partial charge in [-0.05, 0) is 67.8 Å². The Labute approximate surface area is 97.2 Å². The Morgan fingerprint density at radius 3 is 2.81 bits per heavy atom. The van der Waals surface area contributed by atoms with Crippen LogP contribution in [0.15, 0.2) is 12.1 Å². The first-order chi connectivity index (χ1) is 7.86. The zero-order valence-electron chi connectivity index (χ0n) is 9.76. The molecular formula is C14H20N2. The molecule has 3 rings (SSSR count). The molecule has 1 aliphatic carbocycles. The molecule has 0 radical (unpaired) electrons. The van der Waals surface area contributed by atoms with Crippen LogP contribution in [0.1, 0.15) is 48.4 Å². The molecule has 0 bridgehead atoms. The summed E-state index contributed by atoms with van der Waals surface area (Å²) in [6.07, 6.45) is 7.68. The lowest BCUT2D eigenvalue weighted by Crippen LogP contribution is -2.19. The van der Waals surface area contributed by atoms with E-state index in [1.807, 2.05) is 0 Å². The van der Waals surface area contributed by atoms with Gasteiger partial charge in [0, 0.05) is 11.7 Å². The minimum Gasteiger partial charge on any atom is -0.398 e. The molecule has 2 heteroatoms. The SMILES string of the molecule is Nc1ccc2c(c1[C@H]1CCCN1)CCCC2. The van der Waals surface area contributed by atoms with Gasteiger partial charge in [0.2, 0.25) is 0 Å². The van der Waals surface area contributed by atoms with Crippen LogP contribution in [0.3, 0.4) is 0 Å². The molecular weight excluding hydrogens is 196 g/mol. The predicted octanol–water partition coefficient (Wildman–Crippen LogP) is 2.57. The van der Waals surface area contributed by atoms with Crippen LogP contribution in [0.2, 0.25) is 0 Å². The van der Waals surface area contributed by atoms with Gasteiger partial charge >= 0.3 is 0 Å². The van der Waals surface area contributed by atoms with E-state index in [-0.39, 0.29) is 0 Å². The highest BCUT2D eigenvalue weighted by Crippen LogP contribution is 2.35. The van der Waals surface area contributed by atoms with E-state index in [0.717, 1.165) is 12.2 Å². The summed E-state index contributed by atoms with van der Waals surface area (Å²) in [5, 5.41) is 3.58. The van der Waals surface area contributed by atoms with Gasteiger partial charge in [0.05, 0.1) is 0 Å². The van der Waals surface area contributed by atoms with Crippen LogP contribution >= 0.6 is 0 Å².